The van der Waals surface area contributed by atoms with Crippen LogP contribution in [0.25, 0.3) is 22.4 Å². The van der Waals surface area contributed by atoms with Crippen LogP contribution in [0.2, 0.25) is 0 Å². The zero-order valence-electron chi connectivity index (χ0n) is 17.2. The molecule has 0 spiro atoms. The Morgan fingerprint density at radius 2 is 1.74 bits per heavy atom. The van der Waals surface area contributed by atoms with Gasteiger partial charge in [-0.3, -0.25) is 4.72 Å². The van der Waals surface area contributed by atoms with Gasteiger partial charge in [-0.05, 0) is 24.1 Å². The molecule has 0 atom stereocenters. The van der Waals surface area contributed by atoms with Gasteiger partial charge in [0.25, 0.3) is 15.7 Å². The number of hydrogen-bond donors (Lipinski definition) is 1. The van der Waals surface area contributed by atoms with Crippen molar-refractivity contribution < 1.29 is 22.4 Å². The van der Waals surface area contributed by atoms with E-state index in [1.807, 2.05) is 43.3 Å². The molecule has 0 saturated heterocycles. The predicted molar refractivity (Wildman–Crippen MR) is 117 cm³/mol. The third-order valence-electron chi connectivity index (χ3n) is 4.86. The van der Waals surface area contributed by atoms with Crippen LogP contribution < -0.4 is 14.2 Å². The van der Waals surface area contributed by atoms with Crippen molar-refractivity contribution in [3.63, 3.8) is 0 Å². The van der Waals surface area contributed by atoms with Crippen LogP contribution in [0, 0.1) is 0 Å². The van der Waals surface area contributed by atoms with E-state index < -0.39 is 10.0 Å². The monoisotopic (exact) mass is 439 g/mol. The zero-order valence-corrected chi connectivity index (χ0v) is 18.1. The van der Waals surface area contributed by atoms with Crippen LogP contribution in [0.5, 0.6) is 11.5 Å². The van der Waals surface area contributed by atoms with Gasteiger partial charge in [0.1, 0.15) is 21.8 Å². The van der Waals surface area contributed by atoms with E-state index >= 15 is 0 Å². The molecule has 31 heavy (non-hydrogen) atoms. The van der Waals surface area contributed by atoms with Crippen molar-refractivity contribution >= 4 is 26.9 Å². The molecule has 4 aromatic rings. The summed E-state index contributed by atoms with van der Waals surface area (Å²) in [5, 5.41) is 4.23. The lowest BCUT2D eigenvalue weighted by Gasteiger charge is -2.12. The van der Waals surface area contributed by atoms with Crippen molar-refractivity contribution in [2.75, 3.05) is 18.9 Å². The maximum Gasteiger partial charge on any atom is 0.266 e. The molecule has 2 heterocycles. The minimum Gasteiger partial charge on any atom is -0.496 e. The van der Waals surface area contributed by atoms with E-state index in [1.165, 1.54) is 14.2 Å². The number of nitrogens with zero attached hydrogens (tertiary/aromatic N) is 2. The molecular weight excluding hydrogens is 418 g/mol. The van der Waals surface area contributed by atoms with Gasteiger partial charge in [-0.25, -0.2) is 13.4 Å². The Morgan fingerprint density at radius 3 is 2.42 bits per heavy atom. The Hall–Kier alpha value is -3.59. The molecule has 1 N–H and O–H groups in total. The summed E-state index contributed by atoms with van der Waals surface area (Å²) in [6.07, 6.45) is 0.680. The van der Waals surface area contributed by atoms with Gasteiger partial charge in [0.2, 0.25) is 0 Å². The van der Waals surface area contributed by atoms with Crippen LogP contribution in [0.1, 0.15) is 12.5 Å². The van der Waals surface area contributed by atoms with E-state index in [9.17, 15) is 8.42 Å². The number of fused-ring (bicyclic) bond motifs is 1. The number of sulfonamides is 1. The van der Waals surface area contributed by atoms with Crippen LogP contribution in [0.15, 0.2) is 64.0 Å². The van der Waals surface area contributed by atoms with Crippen molar-refractivity contribution in [3.05, 3.63) is 60.2 Å². The summed E-state index contributed by atoms with van der Waals surface area (Å²) < 4.78 is 44.9. The smallest absolute Gasteiger partial charge is 0.266 e. The van der Waals surface area contributed by atoms with E-state index in [1.54, 1.807) is 18.2 Å². The van der Waals surface area contributed by atoms with E-state index in [0.717, 1.165) is 11.1 Å². The highest BCUT2D eigenvalue weighted by Crippen LogP contribution is 2.36. The molecule has 2 aromatic heterocycles. The lowest BCUT2D eigenvalue weighted by molar-refractivity contribution is 0.402. The summed E-state index contributed by atoms with van der Waals surface area (Å²) in [6, 6.07) is 16.2. The van der Waals surface area contributed by atoms with Crippen molar-refractivity contribution in [3.8, 4) is 22.8 Å². The summed E-state index contributed by atoms with van der Waals surface area (Å²) in [5.74, 6) is 0.606. The van der Waals surface area contributed by atoms with Gasteiger partial charge in [-0.15, -0.1) is 0 Å². The molecule has 160 valence electrons. The highest BCUT2D eigenvalue weighted by atomic mass is 32.2. The second kappa shape index (κ2) is 8.27. The van der Waals surface area contributed by atoms with Crippen molar-refractivity contribution in [2.24, 2.45) is 0 Å². The topological polar surface area (TPSA) is 104 Å². The first-order valence-corrected chi connectivity index (χ1v) is 11.0. The molecule has 4 rings (SSSR count). The number of aryl methyl sites for hydroxylation is 1. The Labute approximate surface area is 179 Å². The number of ether oxygens (including phenoxy) is 2. The SMILES string of the molecule is CCc1ccc(OC)c(S(=O)(=O)Nc2noc3nc(-c4ccccc4)cc(OC)c23)c1. The summed E-state index contributed by atoms with van der Waals surface area (Å²) in [6.45, 7) is 1.94. The Bertz CT molecular complexity index is 1330. The molecule has 2 aromatic carbocycles. The van der Waals surface area contributed by atoms with Gasteiger partial charge in [0.15, 0.2) is 5.82 Å². The molecule has 0 fully saturated rings. The second-order valence-electron chi connectivity index (χ2n) is 6.73. The van der Waals surface area contributed by atoms with Crippen LogP contribution >= 0.6 is 0 Å². The molecule has 0 unspecified atom stereocenters. The number of anilines is 1. The van der Waals surface area contributed by atoms with Gasteiger partial charge < -0.3 is 14.0 Å². The number of nitrogens with one attached hydrogen (secondary N) is 1. The first-order chi connectivity index (χ1) is 15.0. The van der Waals surface area contributed by atoms with Crippen molar-refractivity contribution in [1.82, 2.24) is 10.1 Å². The van der Waals surface area contributed by atoms with E-state index in [2.05, 4.69) is 14.9 Å². The minimum absolute atomic E-state index is 0.0112. The van der Waals surface area contributed by atoms with E-state index in [0.29, 0.717) is 23.3 Å². The van der Waals surface area contributed by atoms with E-state index in [-0.39, 0.29) is 22.2 Å². The normalized spacial score (nSPS) is 11.5. The maximum atomic E-state index is 13.1. The summed E-state index contributed by atoms with van der Waals surface area (Å²) in [5.41, 5.74) is 2.50. The Kier molecular flexibility index (Phi) is 5.51. The third kappa shape index (κ3) is 3.91. The van der Waals surface area contributed by atoms with Gasteiger partial charge in [0, 0.05) is 11.6 Å². The van der Waals surface area contributed by atoms with Crippen LogP contribution in [0.3, 0.4) is 0 Å². The molecule has 0 aliphatic carbocycles. The van der Waals surface area contributed by atoms with Crippen LogP contribution in [-0.2, 0) is 16.4 Å². The first kappa shape index (κ1) is 20.7. The molecule has 8 nitrogen and oxygen atoms in total. The summed E-state index contributed by atoms with van der Waals surface area (Å²) in [4.78, 5) is 4.48. The lowest BCUT2D eigenvalue weighted by atomic mass is 10.1. The standard InChI is InChI=1S/C22H21N3O5S/c1-4-14-10-11-17(28-2)19(12-14)31(26,27)25-21-20-18(29-3)13-16(23-22(20)30-24-21)15-8-6-5-7-9-15/h5-13H,4H2,1-3H3,(H,24,25). The molecule has 0 bridgehead atoms. The number of methoxy groups -OCH3 is 2. The summed E-state index contributed by atoms with van der Waals surface area (Å²) >= 11 is 0. The fourth-order valence-electron chi connectivity index (χ4n) is 3.24. The average molecular weight is 439 g/mol. The van der Waals surface area contributed by atoms with Crippen molar-refractivity contribution in [1.29, 1.82) is 0 Å². The molecule has 0 aliphatic rings. The summed E-state index contributed by atoms with van der Waals surface area (Å²) in [7, 11) is -1.11. The number of aromatic nitrogens is 2. The van der Waals surface area contributed by atoms with Gasteiger partial charge in [-0.1, -0.05) is 48.5 Å². The quantitative estimate of drug-likeness (QED) is 0.459. The van der Waals surface area contributed by atoms with Crippen molar-refractivity contribution in [2.45, 2.75) is 18.2 Å². The van der Waals surface area contributed by atoms with Crippen LogP contribution in [-0.4, -0.2) is 32.8 Å². The molecular formula is C22H21N3O5S. The number of pyridine rings is 1. The van der Waals surface area contributed by atoms with Crippen LogP contribution in [0.4, 0.5) is 5.82 Å². The molecule has 9 heteroatoms. The second-order valence-corrected chi connectivity index (χ2v) is 8.38. The molecule has 0 aliphatic heterocycles. The maximum absolute atomic E-state index is 13.1. The van der Waals surface area contributed by atoms with E-state index in [4.69, 9.17) is 14.0 Å². The fourth-order valence-corrected chi connectivity index (χ4v) is 4.47. The molecule has 0 amide bonds. The Morgan fingerprint density at radius 1 is 1.00 bits per heavy atom. The van der Waals surface area contributed by atoms with Gasteiger partial charge >= 0.3 is 0 Å². The third-order valence-corrected chi connectivity index (χ3v) is 6.22. The predicted octanol–water partition coefficient (Wildman–Crippen LogP) is 4.27. The lowest BCUT2D eigenvalue weighted by Crippen LogP contribution is -2.15. The Balaban J connectivity index is 1.79. The van der Waals surface area contributed by atoms with Gasteiger partial charge in [0.05, 0.1) is 19.9 Å². The highest BCUT2D eigenvalue weighted by molar-refractivity contribution is 7.92. The molecule has 0 radical (unpaired) electrons. The molecule has 0 saturated carbocycles. The number of rotatable bonds is 7. The minimum atomic E-state index is -4.02. The number of benzene rings is 2. The highest BCUT2D eigenvalue weighted by Gasteiger charge is 2.25. The fraction of sp³-hybridized carbons (Fsp3) is 0.182. The van der Waals surface area contributed by atoms with Gasteiger partial charge in [-0.2, -0.15) is 0 Å². The zero-order chi connectivity index (χ0) is 22.0. The number of hydrogen-bond acceptors (Lipinski definition) is 7. The average Bonchev–Trinajstić information content (AvgIpc) is 3.20. The first-order valence-electron chi connectivity index (χ1n) is 9.56. The largest absolute Gasteiger partial charge is 0.496 e.